The third kappa shape index (κ3) is 4.66. The van der Waals surface area contributed by atoms with E-state index in [1.54, 1.807) is 24.1 Å². The number of benzene rings is 2. The van der Waals surface area contributed by atoms with Gasteiger partial charge in [0.2, 0.25) is 11.7 Å². The summed E-state index contributed by atoms with van der Waals surface area (Å²) in [5.41, 5.74) is 0.301. The van der Waals surface area contributed by atoms with Crippen molar-refractivity contribution in [1.29, 1.82) is 0 Å². The lowest BCUT2D eigenvalue weighted by molar-refractivity contribution is -0.117. The van der Waals surface area contributed by atoms with Gasteiger partial charge in [-0.25, -0.2) is 13.2 Å². The normalized spacial score (nSPS) is 10.7. The molecule has 0 spiro atoms. The van der Waals surface area contributed by atoms with Crippen molar-refractivity contribution < 1.29 is 32.2 Å². The summed E-state index contributed by atoms with van der Waals surface area (Å²) in [4.78, 5) is 13.8. The molecule has 0 aliphatic heterocycles. The van der Waals surface area contributed by atoms with Gasteiger partial charge in [-0.05, 0) is 25.2 Å². The Labute approximate surface area is 160 Å². The van der Waals surface area contributed by atoms with Crippen molar-refractivity contribution in [2.75, 3.05) is 40.2 Å². The van der Waals surface area contributed by atoms with Crippen molar-refractivity contribution in [1.82, 2.24) is 4.90 Å². The Balaban J connectivity index is 2.09. The minimum atomic E-state index is -1.64. The number of hydrogen-bond acceptors (Lipinski definition) is 5. The van der Waals surface area contributed by atoms with Crippen LogP contribution < -0.4 is 19.5 Å². The molecular formula is C19H21F3N2O4. The van der Waals surface area contributed by atoms with Crippen LogP contribution in [0, 0.1) is 17.5 Å². The number of halogens is 3. The Hall–Kier alpha value is -2.94. The monoisotopic (exact) mass is 398 g/mol. The van der Waals surface area contributed by atoms with E-state index in [4.69, 9.17) is 14.2 Å². The molecule has 0 bridgehead atoms. The van der Waals surface area contributed by atoms with E-state index in [-0.39, 0.29) is 6.54 Å². The average Bonchev–Trinajstić information content (AvgIpc) is 2.67. The molecule has 6 nitrogen and oxygen atoms in total. The maximum atomic E-state index is 13.7. The molecule has 0 fully saturated rings. The molecule has 2 aromatic rings. The van der Waals surface area contributed by atoms with Crippen LogP contribution in [0.4, 0.5) is 18.9 Å². The molecule has 0 aliphatic rings. The van der Waals surface area contributed by atoms with Crippen molar-refractivity contribution in [3.63, 3.8) is 0 Å². The number of nitrogens with one attached hydrogen (secondary N) is 1. The first-order chi connectivity index (χ1) is 13.3. The van der Waals surface area contributed by atoms with Crippen LogP contribution in [-0.4, -0.2) is 45.7 Å². The number of likely N-dealkylation sites (N-methyl/N-ethyl adjacent to an activating group) is 1. The van der Waals surface area contributed by atoms with Gasteiger partial charge in [0.15, 0.2) is 29.0 Å². The highest BCUT2D eigenvalue weighted by Gasteiger charge is 2.19. The predicted octanol–water partition coefficient (Wildman–Crippen LogP) is 3.20. The van der Waals surface area contributed by atoms with Gasteiger partial charge >= 0.3 is 0 Å². The highest BCUT2D eigenvalue weighted by molar-refractivity contribution is 5.92. The van der Waals surface area contributed by atoms with Gasteiger partial charge in [0, 0.05) is 12.1 Å². The summed E-state index contributed by atoms with van der Waals surface area (Å²) in [5, 5.41) is 2.23. The molecule has 0 unspecified atom stereocenters. The number of nitrogens with zero attached hydrogens (tertiary/aromatic N) is 1. The molecule has 9 heteroatoms. The van der Waals surface area contributed by atoms with E-state index in [2.05, 4.69) is 5.32 Å². The van der Waals surface area contributed by atoms with E-state index in [9.17, 15) is 18.0 Å². The molecule has 2 rings (SSSR count). The lowest BCUT2D eigenvalue weighted by Crippen LogP contribution is -2.30. The van der Waals surface area contributed by atoms with Crippen LogP contribution in [0.1, 0.15) is 5.56 Å². The fraction of sp³-hybridized carbons (Fsp3) is 0.316. The molecule has 2 aromatic carbocycles. The van der Waals surface area contributed by atoms with Gasteiger partial charge in [0.05, 0.1) is 33.6 Å². The van der Waals surface area contributed by atoms with Crippen LogP contribution in [0.5, 0.6) is 17.2 Å². The maximum absolute atomic E-state index is 13.7. The summed E-state index contributed by atoms with van der Waals surface area (Å²) >= 11 is 0. The van der Waals surface area contributed by atoms with Crippen LogP contribution in [-0.2, 0) is 11.3 Å². The lowest BCUT2D eigenvalue weighted by Gasteiger charge is -2.20. The van der Waals surface area contributed by atoms with Crippen molar-refractivity contribution in [2.24, 2.45) is 0 Å². The minimum absolute atomic E-state index is 0.129. The smallest absolute Gasteiger partial charge is 0.238 e. The molecule has 0 aromatic heterocycles. The number of carbonyl (C=O) groups is 1. The van der Waals surface area contributed by atoms with Gasteiger partial charge in [-0.2, -0.15) is 0 Å². The largest absolute Gasteiger partial charge is 0.493 e. The number of carbonyl (C=O) groups excluding carboxylic acids is 1. The molecule has 28 heavy (non-hydrogen) atoms. The number of amides is 1. The highest BCUT2D eigenvalue weighted by Crippen LogP contribution is 2.40. The fourth-order valence-corrected chi connectivity index (χ4v) is 2.69. The van der Waals surface area contributed by atoms with Crippen LogP contribution in [0.25, 0.3) is 0 Å². The summed E-state index contributed by atoms with van der Waals surface area (Å²) in [6.07, 6.45) is 0. The van der Waals surface area contributed by atoms with Gasteiger partial charge in [0.1, 0.15) is 0 Å². The summed E-state index contributed by atoms with van der Waals surface area (Å²) in [6, 6.07) is 5.18. The number of anilines is 1. The minimum Gasteiger partial charge on any atom is -0.493 e. The first kappa shape index (κ1) is 21.4. The standard InChI is InChI=1S/C19H21F3N2O4/c1-24(9-11-5-8-14(26-2)19(28-4)18(11)27-3)10-15(25)23-13-7-6-12(20)16(21)17(13)22/h5-8H,9-10H2,1-4H3,(H,23,25). The van der Waals surface area contributed by atoms with E-state index in [1.807, 2.05) is 0 Å². The van der Waals surface area contributed by atoms with E-state index in [0.29, 0.717) is 23.8 Å². The quantitative estimate of drug-likeness (QED) is 0.692. The second-order valence-corrected chi connectivity index (χ2v) is 5.94. The van der Waals surface area contributed by atoms with Crippen molar-refractivity contribution in [3.05, 3.63) is 47.3 Å². The Bertz CT molecular complexity index is 862. The molecular weight excluding hydrogens is 377 g/mol. The zero-order valence-electron chi connectivity index (χ0n) is 15.9. The zero-order chi connectivity index (χ0) is 20.8. The summed E-state index contributed by atoms with van der Waals surface area (Å²) in [5.74, 6) is -3.62. The number of methoxy groups -OCH3 is 3. The van der Waals surface area contributed by atoms with Gasteiger partial charge in [-0.15, -0.1) is 0 Å². The molecule has 0 aliphatic carbocycles. The third-order valence-corrected chi connectivity index (χ3v) is 3.95. The highest BCUT2D eigenvalue weighted by atomic mass is 19.2. The van der Waals surface area contributed by atoms with Gasteiger partial charge in [0.25, 0.3) is 0 Å². The molecule has 1 amide bonds. The second-order valence-electron chi connectivity index (χ2n) is 5.94. The van der Waals surface area contributed by atoms with Crippen LogP contribution in [0.3, 0.4) is 0 Å². The molecule has 152 valence electrons. The molecule has 1 N–H and O–H groups in total. The van der Waals surface area contributed by atoms with Gasteiger partial charge < -0.3 is 19.5 Å². The molecule has 0 saturated carbocycles. The summed E-state index contributed by atoms with van der Waals surface area (Å²) in [6.45, 7) is 0.174. The zero-order valence-corrected chi connectivity index (χ0v) is 15.9. The molecule has 0 atom stereocenters. The number of rotatable bonds is 8. The average molecular weight is 398 g/mol. The van der Waals surface area contributed by atoms with Crippen LogP contribution in [0.15, 0.2) is 24.3 Å². The van der Waals surface area contributed by atoms with E-state index in [1.165, 1.54) is 21.3 Å². The Morgan fingerprint density at radius 3 is 2.25 bits per heavy atom. The summed E-state index contributed by atoms with van der Waals surface area (Å²) in [7, 11) is 6.14. The Morgan fingerprint density at radius 1 is 0.964 bits per heavy atom. The summed E-state index contributed by atoms with van der Waals surface area (Å²) < 4.78 is 55.8. The molecule has 0 radical (unpaired) electrons. The van der Waals surface area contributed by atoms with E-state index in [0.717, 1.165) is 17.7 Å². The van der Waals surface area contributed by atoms with Crippen molar-refractivity contribution >= 4 is 11.6 Å². The SMILES string of the molecule is COc1ccc(CN(C)CC(=O)Nc2ccc(F)c(F)c2F)c(OC)c1OC. The van der Waals surface area contributed by atoms with E-state index >= 15 is 0 Å². The van der Waals surface area contributed by atoms with Crippen molar-refractivity contribution in [2.45, 2.75) is 6.54 Å². The van der Waals surface area contributed by atoms with Crippen LogP contribution in [0.2, 0.25) is 0 Å². The Kier molecular flexibility index (Phi) is 7.11. The first-order valence-corrected chi connectivity index (χ1v) is 8.22. The number of hydrogen-bond donors (Lipinski definition) is 1. The second kappa shape index (κ2) is 9.32. The topological polar surface area (TPSA) is 60.0 Å². The Morgan fingerprint density at radius 2 is 1.64 bits per heavy atom. The van der Waals surface area contributed by atoms with Gasteiger partial charge in [-0.1, -0.05) is 6.07 Å². The first-order valence-electron chi connectivity index (χ1n) is 8.22. The number of ether oxygens (including phenoxy) is 3. The fourth-order valence-electron chi connectivity index (χ4n) is 2.69. The van der Waals surface area contributed by atoms with Crippen LogP contribution >= 0.6 is 0 Å². The third-order valence-electron chi connectivity index (χ3n) is 3.95. The van der Waals surface area contributed by atoms with Gasteiger partial charge in [-0.3, -0.25) is 9.69 Å². The predicted molar refractivity (Wildman–Crippen MR) is 97.4 cm³/mol. The molecule has 0 heterocycles. The maximum Gasteiger partial charge on any atom is 0.238 e. The van der Waals surface area contributed by atoms with Crippen molar-refractivity contribution in [3.8, 4) is 17.2 Å². The lowest BCUT2D eigenvalue weighted by atomic mass is 10.1. The molecule has 0 saturated heterocycles. The van der Waals surface area contributed by atoms with E-state index < -0.39 is 29.0 Å².